The number of likely N-dealkylation sites (N-methyl/N-ethyl adjacent to an activating group) is 1. The fourth-order valence-electron chi connectivity index (χ4n) is 4.48. The Bertz CT molecular complexity index is 1190. The van der Waals surface area contributed by atoms with Gasteiger partial charge in [-0.05, 0) is 44.4 Å². The fourth-order valence-corrected chi connectivity index (χ4v) is 5.01. The summed E-state index contributed by atoms with van der Waals surface area (Å²) in [5.41, 5.74) is -0.517. The van der Waals surface area contributed by atoms with E-state index in [1.807, 2.05) is 0 Å². The van der Waals surface area contributed by atoms with Crippen LogP contribution < -0.4 is 0 Å². The first-order valence-electron chi connectivity index (χ1n) is 10.3. The predicted molar refractivity (Wildman–Crippen MR) is 112 cm³/mol. The Labute approximate surface area is 189 Å². The summed E-state index contributed by atoms with van der Waals surface area (Å²) < 4.78 is 68.1. The number of nitrogens with zero attached hydrogens (tertiary/aromatic N) is 4. The van der Waals surface area contributed by atoms with Gasteiger partial charge in [0.15, 0.2) is 0 Å². The van der Waals surface area contributed by atoms with E-state index in [2.05, 4.69) is 9.97 Å². The number of amides is 1. The topological polar surface area (TPSA) is 92.7 Å². The van der Waals surface area contributed by atoms with Crippen LogP contribution >= 0.6 is 0 Å². The molecule has 2 fully saturated rings. The highest BCUT2D eigenvalue weighted by atomic mass is 32.2. The molecule has 2 saturated heterocycles. The molecule has 2 aliphatic heterocycles. The van der Waals surface area contributed by atoms with Crippen LogP contribution in [-0.2, 0) is 25.4 Å². The number of hydrogen-bond donors (Lipinski definition) is 0. The molecule has 0 radical (unpaired) electrons. The predicted octanol–water partition coefficient (Wildman–Crippen LogP) is 3.10. The van der Waals surface area contributed by atoms with Crippen LogP contribution in [-0.4, -0.2) is 59.6 Å². The van der Waals surface area contributed by atoms with Crippen LogP contribution in [0.2, 0.25) is 0 Å². The third kappa shape index (κ3) is 4.46. The van der Waals surface area contributed by atoms with Crippen LogP contribution in [0.1, 0.15) is 42.4 Å². The van der Waals surface area contributed by atoms with Crippen LogP contribution in [0.5, 0.6) is 0 Å². The van der Waals surface area contributed by atoms with Gasteiger partial charge >= 0.3 is 6.18 Å². The van der Waals surface area contributed by atoms with Gasteiger partial charge in [-0.15, -0.1) is 5.06 Å². The number of likely N-dealkylation sites (tertiary alicyclic amines) is 1. The molecule has 0 bridgehead atoms. The quantitative estimate of drug-likeness (QED) is 0.659. The Morgan fingerprint density at radius 3 is 2.36 bits per heavy atom. The lowest BCUT2D eigenvalue weighted by Gasteiger charge is -2.33. The summed E-state index contributed by atoms with van der Waals surface area (Å²) in [6.45, 7) is 2.17. The van der Waals surface area contributed by atoms with Gasteiger partial charge in [0.25, 0.3) is 10.1 Å². The van der Waals surface area contributed by atoms with Gasteiger partial charge in [-0.25, -0.2) is 9.97 Å². The summed E-state index contributed by atoms with van der Waals surface area (Å²) in [5.74, 6) is 0.0111. The second-order valence-electron chi connectivity index (χ2n) is 8.50. The first kappa shape index (κ1) is 23.6. The van der Waals surface area contributed by atoms with Gasteiger partial charge in [-0.2, -0.15) is 25.9 Å². The minimum absolute atomic E-state index is 0.232. The highest BCUT2D eigenvalue weighted by Gasteiger charge is 2.59. The van der Waals surface area contributed by atoms with Gasteiger partial charge in [-0.1, -0.05) is 12.1 Å². The molecule has 1 aromatic heterocycles. The summed E-state index contributed by atoms with van der Waals surface area (Å²) in [4.78, 5) is 23.4. The molecule has 0 unspecified atom stereocenters. The number of rotatable bonds is 4. The molecule has 3 heterocycles. The number of hydroxylamine groups is 2. The number of aromatic nitrogens is 2. The van der Waals surface area contributed by atoms with Crippen molar-refractivity contribution in [2.75, 3.05) is 19.8 Å². The number of aryl methyl sites for hydroxylation is 1. The second-order valence-corrected chi connectivity index (χ2v) is 10.1. The molecule has 0 N–H and O–H groups in total. The summed E-state index contributed by atoms with van der Waals surface area (Å²) in [6, 6.07) is 5.51. The van der Waals surface area contributed by atoms with Crippen LogP contribution in [0, 0.1) is 6.92 Å². The van der Waals surface area contributed by atoms with Gasteiger partial charge < -0.3 is 4.90 Å². The number of carbonyl (C=O) groups excluding carboxylic acids is 1. The molecule has 2 aliphatic rings. The van der Waals surface area contributed by atoms with E-state index in [9.17, 15) is 26.4 Å². The molecule has 2 atom stereocenters. The minimum Gasteiger partial charge on any atom is -0.344 e. The molecule has 2 aromatic rings. The number of carbonyl (C=O) groups is 1. The lowest BCUT2D eigenvalue weighted by molar-refractivity contribution is -0.166. The lowest BCUT2D eigenvalue weighted by Crippen LogP contribution is -2.51. The molecule has 12 heteroatoms. The summed E-state index contributed by atoms with van der Waals surface area (Å²) in [5, 5.41) is 1.21. The Morgan fingerprint density at radius 1 is 1.15 bits per heavy atom. The van der Waals surface area contributed by atoms with E-state index in [0.717, 1.165) is 18.4 Å². The molecular weight excluding hydrogens is 461 g/mol. The zero-order valence-corrected chi connectivity index (χ0v) is 19.1. The molecule has 178 valence electrons. The number of alkyl halides is 3. The fraction of sp³-hybridized carbons (Fsp3) is 0.476. The highest BCUT2D eigenvalue weighted by molar-refractivity contribution is 7.85. The maximum absolute atomic E-state index is 12.9. The van der Waals surface area contributed by atoms with Gasteiger partial charge in [0.2, 0.25) is 5.91 Å². The molecular formula is C21H23F3N4O4S. The van der Waals surface area contributed by atoms with Crippen LogP contribution in [0.3, 0.4) is 0 Å². The van der Waals surface area contributed by atoms with Crippen LogP contribution in [0.25, 0.3) is 11.3 Å². The third-order valence-electron chi connectivity index (χ3n) is 6.04. The SMILES string of the molecule is Cc1cc(-c2ccc(C(F)(F)F)cc2)nc([C@H]2CC[C@@]3(CCN(C)C3=O)N2OS(C)(=O)=O)n1. The van der Waals surface area contributed by atoms with Crippen molar-refractivity contribution < 1.29 is 30.7 Å². The molecule has 1 aromatic carbocycles. The van der Waals surface area contributed by atoms with Crippen molar-refractivity contribution in [1.82, 2.24) is 19.9 Å². The van der Waals surface area contributed by atoms with E-state index in [1.54, 1.807) is 20.0 Å². The van der Waals surface area contributed by atoms with E-state index in [-0.39, 0.29) is 11.7 Å². The van der Waals surface area contributed by atoms with E-state index in [4.69, 9.17) is 4.28 Å². The summed E-state index contributed by atoms with van der Waals surface area (Å²) in [6.07, 6.45) is -2.40. The van der Waals surface area contributed by atoms with E-state index >= 15 is 0 Å². The number of halogens is 3. The third-order valence-corrected chi connectivity index (χ3v) is 6.47. The monoisotopic (exact) mass is 484 g/mol. The molecule has 0 saturated carbocycles. The van der Waals surface area contributed by atoms with Crippen molar-refractivity contribution in [2.24, 2.45) is 0 Å². The average molecular weight is 485 g/mol. The van der Waals surface area contributed by atoms with Crippen LogP contribution in [0.4, 0.5) is 13.2 Å². The maximum atomic E-state index is 12.9. The van der Waals surface area contributed by atoms with Gasteiger partial charge in [0.05, 0.1) is 23.6 Å². The molecule has 1 spiro atoms. The van der Waals surface area contributed by atoms with Gasteiger partial charge in [0, 0.05) is 24.8 Å². The van der Waals surface area contributed by atoms with Crippen molar-refractivity contribution in [3.8, 4) is 11.3 Å². The average Bonchev–Trinajstić information content (AvgIpc) is 3.21. The van der Waals surface area contributed by atoms with Crippen molar-refractivity contribution in [3.63, 3.8) is 0 Å². The molecule has 8 nitrogen and oxygen atoms in total. The molecule has 0 aliphatic carbocycles. The smallest absolute Gasteiger partial charge is 0.344 e. The molecule has 33 heavy (non-hydrogen) atoms. The van der Waals surface area contributed by atoms with Crippen molar-refractivity contribution in [2.45, 2.75) is 43.9 Å². The van der Waals surface area contributed by atoms with E-state index < -0.39 is 33.4 Å². The minimum atomic E-state index is -4.45. The number of benzene rings is 1. The standard InChI is InChI=1S/C21H23F3N4O4S/c1-13-12-16(14-4-6-15(7-5-14)21(22,23)24)26-18(25-13)17-8-9-20(10-11-27(2)19(20)29)28(17)32-33(3,30)31/h4-7,12,17H,8-11H2,1-3H3/t17-,20+/m1/s1. The first-order chi connectivity index (χ1) is 15.3. The maximum Gasteiger partial charge on any atom is 0.416 e. The molecule has 4 rings (SSSR count). The zero-order valence-electron chi connectivity index (χ0n) is 18.3. The Morgan fingerprint density at radius 2 is 1.82 bits per heavy atom. The highest BCUT2D eigenvalue weighted by Crippen LogP contribution is 2.47. The largest absolute Gasteiger partial charge is 0.416 e. The van der Waals surface area contributed by atoms with E-state index in [1.165, 1.54) is 22.1 Å². The van der Waals surface area contributed by atoms with Crippen molar-refractivity contribution in [3.05, 3.63) is 47.4 Å². The Kier molecular flexibility index (Phi) is 5.74. The van der Waals surface area contributed by atoms with Gasteiger partial charge in [0.1, 0.15) is 11.4 Å². The second kappa shape index (κ2) is 8.03. The number of hydrogen-bond acceptors (Lipinski definition) is 7. The van der Waals surface area contributed by atoms with Crippen LogP contribution in [0.15, 0.2) is 30.3 Å². The van der Waals surface area contributed by atoms with Crippen molar-refractivity contribution in [1.29, 1.82) is 0 Å². The summed E-state index contributed by atoms with van der Waals surface area (Å²) >= 11 is 0. The normalized spacial score (nSPS) is 24.2. The van der Waals surface area contributed by atoms with Crippen molar-refractivity contribution >= 4 is 16.0 Å². The zero-order chi connectivity index (χ0) is 24.2. The lowest BCUT2D eigenvalue weighted by atomic mass is 9.95. The Hall–Kier alpha value is -2.57. The first-order valence-corrected chi connectivity index (χ1v) is 12.1. The van der Waals surface area contributed by atoms with E-state index in [0.29, 0.717) is 42.8 Å². The molecule has 1 amide bonds. The van der Waals surface area contributed by atoms with Gasteiger partial charge in [-0.3, -0.25) is 4.79 Å². The summed E-state index contributed by atoms with van der Waals surface area (Å²) in [7, 11) is -2.30. The Balaban J connectivity index is 1.74.